The molecule has 1 unspecified atom stereocenters. The summed E-state index contributed by atoms with van der Waals surface area (Å²) in [4.78, 5) is 13.6. The highest BCUT2D eigenvalue weighted by Gasteiger charge is 2.43. The quantitative estimate of drug-likeness (QED) is 0.706. The Labute approximate surface area is 98.1 Å². The van der Waals surface area contributed by atoms with Gasteiger partial charge in [-0.15, -0.1) is 6.58 Å². The van der Waals surface area contributed by atoms with Crippen LogP contribution in [0.3, 0.4) is 0 Å². The third-order valence-corrected chi connectivity index (χ3v) is 3.47. The first kappa shape index (κ1) is 13.2. The largest absolute Gasteiger partial charge is 0.481 e. The first-order valence-corrected chi connectivity index (χ1v) is 6.10. The van der Waals surface area contributed by atoms with Crippen LogP contribution in [0.25, 0.3) is 0 Å². The molecule has 3 heteroatoms. The third kappa shape index (κ3) is 3.08. The number of carboxylic acids is 1. The van der Waals surface area contributed by atoms with Gasteiger partial charge in [-0.1, -0.05) is 18.9 Å². The molecule has 1 rings (SSSR count). The van der Waals surface area contributed by atoms with E-state index in [-0.39, 0.29) is 0 Å². The second-order valence-corrected chi connectivity index (χ2v) is 5.07. The smallest absolute Gasteiger partial charge is 0.310 e. The van der Waals surface area contributed by atoms with Crippen LogP contribution in [0.1, 0.15) is 39.5 Å². The van der Waals surface area contributed by atoms with Crippen LogP contribution in [0.15, 0.2) is 12.2 Å². The van der Waals surface area contributed by atoms with Crippen LogP contribution < -0.4 is 0 Å². The summed E-state index contributed by atoms with van der Waals surface area (Å²) in [6.45, 7) is 10.5. The van der Waals surface area contributed by atoms with E-state index in [1.807, 2.05) is 6.92 Å². The summed E-state index contributed by atoms with van der Waals surface area (Å²) in [7, 11) is 0. The van der Waals surface area contributed by atoms with Crippen molar-refractivity contribution >= 4 is 5.97 Å². The summed E-state index contributed by atoms with van der Waals surface area (Å²) in [5, 5.41) is 9.35. The molecular weight excluding hydrogens is 202 g/mol. The van der Waals surface area contributed by atoms with E-state index in [4.69, 9.17) is 0 Å². The predicted molar refractivity (Wildman–Crippen MR) is 65.5 cm³/mol. The normalized spacial score (nSPS) is 25.9. The number of rotatable bonds is 6. The van der Waals surface area contributed by atoms with Gasteiger partial charge >= 0.3 is 5.97 Å². The molecule has 1 atom stereocenters. The molecule has 0 radical (unpaired) electrons. The van der Waals surface area contributed by atoms with Gasteiger partial charge in [-0.05, 0) is 32.7 Å². The highest BCUT2D eigenvalue weighted by Crippen LogP contribution is 2.35. The van der Waals surface area contributed by atoms with E-state index in [9.17, 15) is 9.90 Å². The van der Waals surface area contributed by atoms with Crippen LogP contribution in [0.5, 0.6) is 0 Å². The van der Waals surface area contributed by atoms with E-state index in [2.05, 4.69) is 18.4 Å². The van der Waals surface area contributed by atoms with Gasteiger partial charge in [0, 0.05) is 13.1 Å². The Bertz CT molecular complexity index is 275. The maximum atomic E-state index is 11.4. The SMILES string of the molecule is C=C(C)CCN1CCC(CCC)(C(=O)O)C1. The Morgan fingerprint density at radius 3 is 2.75 bits per heavy atom. The molecule has 1 saturated heterocycles. The van der Waals surface area contributed by atoms with Gasteiger partial charge in [0.15, 0.2) is 0 Å². The zero-order valence-corrected chi connectivity index (χ0v) is 10.5. The molecular formula is C13H23NO2. The molecule has 1 fully saturated rings. The molecule has 0 amide bonds. The fourth-order valence-electron chi connectivity index (χ4n) is 2.46. The maximum absolute atomic E-state index is 11.4. The van der Waals surface area contributed by atoms with Crippen LogP contribution in [-0.4, -0.2) is 35.6 Å². The fraction of sp³-hybridized carbons (Fsp3) is 0.769. The summed E-state index contributed by atoms with van der Waals surface area (Å²) >= 11 is 0. The molecule has 16 heavy (non-hydrogen) atoms. The molecule has 0 aliphatic carbocycles. The zero-order chi connectivity index (χ0) is 12.2. The molecule has 92 valence electrons. The van der Waals surface area contributed by atoms with Crippen molar-refractivity contribution in [1.29, 1.82) is 0 Å². The van der Waals surface area contributed by atoms with Crippen LogP contribution in [0.4, 0.5) is 0 Å². The Balaban J connectivity index is 2.53. The Kier molecular flexibility index (Phi) is 4.54. The molecule has 0 spiro atoms. The summed E-state index contributed by atoms with van der Waals surface area (Å²) < 4.78 is 0. The standard InChI is InChI=1S/C13H23NO2/c1-4-6-13(12(15)16)7-9-14(10-13)8-5-11(2)3/h2,4-10H2,1,3H3,(H,15,16). The number of aliphatic carboxylic acids is 1. The van der Waals surface area contributed by atoms with Crippen molar-refractivity contribution in [3.8, 4) is 0 Å². The third-order valence-electron chi connectivity index (χ3n) is 3.47. The molecule has 0 aromatic carbocycles. The van der Waals surface area contributed by atoms with Gasteiger partial charge in [0.25, 0.3) is 0 Å². The lowest BCUT2D eigenvalue weighted by Crippen LogP contribution is -2.34. The maximum Gasteiger partial charge on any atom is 0.310 e. The van der Waals surface area contributed by atoms with Gasteiger partial charge in [-0.2, -0.15) is 0 Å². The number of hydrogen-bond donors (Lipinski definition) is 1. The van der Waals surface area contributed by atoms with Crippen molar-refractivity contribution in [2.24, 2.45) is 5.41 Å². The predicted octanol–water partition coefficient (Wildman–Crippen LogP) is 2.53. The molecule has 1 aliphatic rings. The summed E-state index contributed by atoms with van der Waals surface area (Å²) in [6, 6.07) is 0. The van der Waals surface area contributed by atoms with E-state index in [0.29, 0.717) is 6.54 Å². The molecule has 0 aromatic rings. The second-order valence-electron chi connectivity index (χ2n) is 5.07. The monoisotopic (exact) mass is 225 g/mol. The van der Waals surface area contributed by atoms with Crippen molar-refractivity contribution in [2.45, 2.75) is 39.5 Å². The van der Waals surface area contributed by atoms with Crippen molar-refractivity contribution < 1.29 is 9.90 Å². The molecule has 1 heterocycles. The van der Waals surface area contributed by atoms with Crippen molar-refractivity contribution in [3.05, 3.63) is 12.2 Å². The topological polar surface area (TPSA) is 40.5 Å². The van der Waals surface area contributed by atoms with E-state index in [1.54, 1.807) is 0 Å². The van der Waals surface area contributed by atoms with Gasteiger partial charge < -0.3 is 10.0 Å². The molecule has 1 N–H and O–H groups in total. The minimum absolute atomic E-state index is 0.482. The molecule has 0 bridgehead atoms. The summed E-state index contributed by atoms with van der Waals surface area (Å²) in [5.41, 5.74) is 0.687. The van der Waals surface area contributed by atoms with Gasteiger partial charge in [0.2, 0.25) is 0 Å². The van der Waals surface area contributed by atoms with Crippen LogP contribution in [0, 0.1) is 5.41 Å². The Morgan fingerprint density at radius 1 is 1.56 bits per heavy atom. The first-order valence-electron chi connectivity index (χ1n) is 6.10. The number of carbonyl (C=O) groups is 1. The van der Waals surface area contributed by atoms with Crippen LogP contribution in [-0.2, 0) is 4.79 Å². The fourth-order valence-corrected chi connectivity index (χ4v) is 2.46. The van der Waals surface area contributed by atoms with Gasteiger partial charge in [0.05, 0.1) is 5.41 Å². The number of carboxylic acid groups (broad SMARTS) is 1. The average molecular weight is 225 g/mol. The lowest BCUT2D eigenvalue weighted by molar-refractivity contribution is -0.148. The molecule has 3 nitrogen and oxygen atoms in total. The lowest BCUT2D eigenvalue weighted by atomic mass is 9.83. The first-order chi connectivity index (χ1) is 7.50. The van der Waals surface area contributed by atoms with Crippen molar-refractivity contribution in [2.75, 3.05) is 19.6 Å². The van der Waals surface area contributed by atoms with Gasteiger partial charge in [0.1, 0.15) is 0 Å². The zero-order valence-electron chi connectivity index (χ0n) is 10.5. The van der Waals surface area contributed by atoms with Crippen molar-refractivity contribution in [1.82, 2.24) is 4.90 Å². The van der Waals surface area contributed by atoms with Crippen LogP contribution >= 0.6 is 0 Å². The number of nitrogens with zero attached hydrogens (tertiary/aromatic N) is 1. The van der Waals surface area contributed by atoms with Crippen molar-refractivity contribution in [3.63, 3.8) is 0 Å². The Hall–Kier alpha value is -0.830. The summed E-state index contributed by atoms with van der Waals surface area (Å²) in [5.74, 6) is -0.618. The lowest BCUT2D eigenvalue weighted by Gasteiger charge is -2.24. The minimum Gasteiger partial charge on any atom is -0.481 e. The molecule has 1 aliphatic heterocycles. The van der Waals surface area contributed by atoms with Gasteiger partial charge in [-0.3, -0.25) is 4.79 Å². The number of hydrogen-bond acceptors (Lipinski definition) is 2. The molecule has 0 aromatic heterocycles. The van der Waals surface area contributed by atoms with E-state index in [0.717, 1.165) is 38.8 Å². The summed E-state index contributed by atoms with van der Waals surface area (Å²) in [6.07, 6.45) is 3.51. The highest BCUT2D eigenvalue weighted by atomic mass is 16.4. The van der Waals surface area contributed by atoms with E-state index >= 15 is 0 Å². The second kappa shape index (κ2) is 5.48. The van der Waals surface area contributed by atoms with Gasteiger partial charge in [-0.25, -0.2) is 0 Å². The average Bonchev–Trinajstić information content (AvgIpc) is 2.60. The minimum atomic E-state index is -0.618. The number of likely N-dealkylation sites (tertiary alicyclic amines) is 1. The highest BCUT2D eigenvalue weighted by molar-refractivity contribution is 5.75. The van der Waals surface area contributed by atoms with E-state index in [1.165, 1.54) is 5.57 Å². The Morgan fingerprint density at radius 2 is 2.25 bits per heavy atom. The van der Waals surface area contributed by atoms with E-state index < -0.39 is 11.4 Å². The molecule has 0 saturated carbocycles. The van der Waals surface area contributed by atoms with Crippen LogP contribution in [0.2, 0.25) is 0 Å².